The highest BCUT2D eigenvalue weighted by molar-refractivity contribution is 7.21. The van der Waals surface area contributed by atoms with Crippen LogP contribution in [-0.2, 0) is 0 Å². The van der Waals surface area contributed by atoms with Gasteiger partial charge in [-0.1, -0.05) is 18.2 Å². The van der Waals surface area contributed by atoms with Crippen LogP contribution >= 0.6 is 11.3 Å². The number of hydrogen-bond donors (Lipinski definition) is 2. The van der Waals surface area contributed by atoms with Crippen molar-refractivity contribution in [2.75, 3.05) is 5.32 Å². The molecule has 0 fully saturated rings. The number of amides is 1. The predicted octanol–water partition coefficient (Wildman–Crippen LogP) is 5.08. The molecule has 0 spiro atoms. The van der Waals surface area contributed by atoms with Crippen LogP contribution in [0.1, 0.15) is 21.6 Å². The zero-order valence-corrected chi connectivity index (χ0v) is 19.3. The molecule has 34 heavy (non-hydrogen) atoms. The standard InChI is InChI=1S/C26H20N4O3S/c1-15-4-3-5-19(12-15)30-23(32)14-21(31)24(29-30)25(33)27-18-9-7-17(8-10-18)26-28-20-11-6-16(2)13-22(20)34-26/h3-14,31H,1-2H3,(H,27,33). The van der Waals surface area contributed by atoms with Crippen LogP contribution < -0.4 is 10.9 Å². The fourth-order valence-electron chi connectivity index (χ4n) is 3.60. The lowest BCUT2D eigenvalue weighted by Gasteiger charge is -2.10. The molecule has 0 aliphatic rings. The number of thiazole rings is 1. The fourth-order valence-corrected chi connectivity index (χ4v) is 4.66. The molecule has 0 saturated carbocycles. The summed E-state index contributed by atoms with van der Waals surface area (Å²) in [7, 11) is 0. The second-order valence-corrected chi connectivity index (χ2v) is 9.02. The number of rotatable bonds is 4. The van der Waals surface area contributed by atoms with E-state index in [1.807, 2.05) is 37.3 Å². The Kier molecular flexibility index (Phi) is 5.43. The molecule has 1 amide bonds. The average molecular weight is 469 g/mol. The fraction of sp³-hybridized carbons (Fsp3) is 0.0769. The van der Waals surface area contributed by atoms with E-state index in [2.05, 4.69) is 28.4 Å². The highest BCUT2D eigenvalue weighted by Gasteiger charge is 2.17. The highest BCUT2D eigenvalue weighted by atomic mass is 32.1. The minimum absolute atomic E-state index is 0.244. The van der Waals surface area contributed by atoms with Gasteiger partial charge < -0.3 is 10.4 Å². The van der Waals surface area contributed by atoms with Crippen LogP contribution in [0.15, 0.2) is 77.6 Å². The summed E-state index contributed by atoms with van der Waals surface area (Å²) in [6.45, 7) is 3.94. The molecule has 7 nitrogen and oxygen atoms in total. The number of aryl methyl sites for hydroxylation is 2. The first-order chi connectivity index (χ1) is 16.4. The van der Waals surface area contributed by atoms with Crippen molar-refractivity contribution in [3.63, 3.8) is 0 Å². The SMILES string of the molecule is Cc1cccc(-n2nc(C(=O)Nc3ccc(-c4nc5ccc(C)cc5s4)cc3)c(O)cc2=O)c1. The van der Waals surface area contributed by atoms with Crippen LogP contribution in [0.5, 0.6) is 5.75 Å². The van der Waals surface area contributed by atoms with Gasteiger partial charge in [0, 0.05) is 17.3 Å². The maximum absolute atomic E-state index is 12.8. The lowest BCUT2D eigenvalue weighted by atomic mass is 10.2. The number of anilines is 1. The summed E-state index contributed by atoms with van der Waals surface area (Å²) in [6, 6.07) is 21.6. The molecule has 5 aromatic rings. The number of carbonyl (C=O) groups excluding carboxylic acids is 1. The summed E-state index contributed by atoms with van der Waals surface area (Å²) in [4.78, 5) is 29.9. The smallest absolute Gasteiger partial charge is 0.279 e. The van der Waals surface area contributed by atoms with E-state index in [0.29, 0.717) is 11.4 Å². The molecular formula is C26H20N4O3S. The Labute approximate surface area is 199 Å². The number of benzene rings is 3. The van der Waals surface area contributed by atoms with Crippen molar-refractivity contribution in [2.45, 2.75) is 13.8 Å². The van der Waals surface area contributed by atoms with Gasteiger partial charge in [-0.2, -0.15) is 9.78 Å². The number of carbonyl (C=O) groups is 1. The summed E-state index contributed by atoms with van der Waals surface area (Å²) in [6.07, 6.45) is 0. The van der Waals surface area contributed by atoms with E-state index >= 15 is 0 Å². The minimum Gasteiger partial charge on any atom is -0.505 e. The van der Waals surface area contributed by atoms with Gasteiger partial charge in [0.15, 0.2) is 11.4 Å². The lowest BCUT2D eigenvalue weighted by Crippen LogP contribution is -2.25. The molecule has 2 heterocycles. The van der Waals surface area contributed by atoms with Crippen molar-refractivity contribution in [1.82, 2.24) is 14.8 Å². The van der Waals surface area contributed by atoms with Gasteiger partial charge in [0.2, 0.25) is 0 Å². The van der Waals surface area contributed by atoms with Crippen LogP contribution in [0.3, 0.4) is 0 Å². The van der Waals surface area contributed by atoms with Crippen LogP contribution in [0, 0.1) is 13.8 Å². The summed E-state index contributed by atoms with van der Waals surface area (Å²) < 4.78 is 2.22. The Balaban J connectivity index is 1.40. The van der Waals surface area contributed by atoms with Crippen LogP contribution in [0.25, 0.3) is 26.5 Å². The molecule has 5 rings (SSSR count). The quantitative estimate of drug-likeness (QED) is 0.383. The second kappa shape index (κ2) is 8.57. The molecule has 0 bridgehead atoms. The van der Waals surface area contributed by atoms with Gasteiger partial charge in [0.05, 0.1) is 15.9 Å². The third-order valence-corrected chi connectivity index (χ3v) is 6.37. The predicted molar refractivity (Wildman–Crippen MR) is 134 cm³/mol. The van der Waals surface area contributed by atoms with Crippen LogP contribution in [-0.4, -0.2) is 25.8 Å². The molecule has 0 aliphatic heterocycles. The van der Waals surface area contributed by atoms with Crippen molar-refractivity contribution in [3.8, 4) is 22.0 Å². The highest BCUT2D eigenvalue weighted by Crippen LogP contribution is 2.31. The number of aromatic hydroxyl groups is 1. The van der Waals surface area contributed by atoms with E-state index in [9.17, 15) is 14.7 Å². The summed E-state index contributed by atoms with van der Waals surface area (Å²) >= 11 is 1.61. The Morgan fingerprint density at radius 3 is 2.50 bits per heavy atom. The van der Waals surface area contributed by atoms with Gasteiger partial charge in [0.1, 0.15) is 5.01 Å². The lowest BCUT2D eigenvalue weighted by molar-refractivity contribution is 0.101. The molecule has 3 aromatic carbocycles. The van der Waals surface area contributed by atoms with E-state index in [-0.39, 0.29) is 5.69 Å². The molecular weight excluding hydrogens is 448 g/mol. The first-order valence-electron chi connectivity index (χ1n) is 10.6. The Bertz CT molecular complexity index is 1600. The summed E-state index contributed by atoms with van der Waals surface area (Å²) in [5.41, 5.74) is 4.27. The van der Waals surface area contributed by atoms with Gasteiger partial charge in [-0.3, -0.25) is 9.59 Å². The van der Waals surface area contributed by atoms with Crippen molar-refractivity contribution in [2.24, 2.45) is 0 Å². The molecule has 8 heteroatoms. The third kappa shape index (κ3) is 4.18. The Morgan fingerprint density at radius 1 is 0.971 bits per heavy atom. The van der Waals surface area contributed by atoms with Gasteiger partial charge in [-0.25, -0.2) is 4.98 Å². The van der Waals surface area contributed by atoms with Crippen LogP contribution in [0.4, 0.5) is 5.69 Å². The number of aromatic nitrogens is 3. The molecule has 2 N–H and O–H groups in total. The molecule has 0 atom stereocenters. The number of hydrogen-bond acceptors (Lipinski definition) is 6. The maximum Gasteiger partial charge on any atom is 0.279 e. The second-order valence-electron chi connectivity index (χ2n) is 7.99. The van der Waals surface area contributed by atoms with E-state index in [1.165, 1.54) is 5.56 Å². The van der Waals surface area contributed by atoms with Gasteiger partial charge in [-0.05, 0) is 73.5 Å². The largest absolute Gasteiger partial charge is 0.505 e. The zero-order valence-electron chi connectivity index (χ0n) is 18.4. The maximum atomic E-state index is 12.8. The molecule has 0 radical (unpaired) electrons. The van der Waals surface area contributed by atoms with Crippen molar-refractivity contribution >= 4 is 33.1 Å². The average Bonchev–Trinajstić information content (AvgIpc) is 3.22. The molecule has 2 aromatic heterocycles. The van der Waals surface area contributed by atoms with Crippen molar-refractivity contribution in [1.29, 1.82) is 0 Å². The third-order valence-electron chi connectivity index (χ3n) is 5.31. The van der Waals surface area contributed by atoms with Gasteiger partial charge in [0.25, 0.3) is 11.5 Å². The Morgan fingerprint density at radius 2 is 1.74 bits per heavy atom. The van der Waals surface area contributed by atoms with E-state index < -0.39 is 17.2 Å². The summed E-state index contributed by atoms with van der Waals surface area (Å²) in [5.74, 6) is -1.10. The van der Waals surface area contributed by atoms with Crippen molar-refractivity contribution in [3.05, 3.63) is 100.0 Å². The Hall–Kier alpha value is -4.30. The van der Waals surface area contributed by atoms with E-state index in [4.69, 9.17) is 0 Å². The first kappa shape index (κ1) is 21.5. The summed E-state index contributed by atoms with van der Waals surface area (Å²) in [5, 5.41) is 17.9. The van der Waals surface area contributed by atoms with Gasteiger partial charge >= 0.3 is 0 Å². The number of nitrogens with zero attached hydrogens (tertiary/aromatic N) is 3. The zero-order chi connectivity index (χ0) is 23.8. The molecule has 0 saturated heterocycles. The van der Waals surface area contributed by atoms with Gasteiger partial charge in [-0.15, -0.1) is 11.3 Å². The van der Waals surface area contributed by atoms with Crippen molar-refractivity contribution < 1.29 is 9.90 Å². The molecule has 168 valence electrons. The number of nitrogens with one attached hydrogen (secondary N) is 1. The molecule has 0 aliphatic carbocycles. The monoisotopic (exact) mass is 468 g/mol. The first-order valence-corrected chi connectivity index (χ1v) is 11.4. The van der Waals surface area contributed by atoms with E-state index in [0.717, 1.165) is 37.1 Å². The van der Waals surface area contributed by atoms with Crippen LogP contribution in [0.2, 0.25) is 0 Å². The normalized spacial score (nSPS) is 11.0. The van der Waals surface area contributed by atoms with E-state index in [1.54, 1.807) is 41.7 Å². The minimum atomic E-state index is -0.623. The topological polar surface area (TPSA) is 97.1 Å². The molecule has 0 unspecified atom stereocenters. The number of fused-ring (bicyclic) bond motifs is 1.